The maximum absolute atomic E-state index is 12.5. The number of halogens is 2. The average molecular weight is 394 g/mol. The van der Waals surface area contributed by atoms with Gasteiger partial charge in [-0.3, -0.25) is 4.79 Å². The van der Waals surface area contributed by atoms with Crippen molar-refractivity contribution in [2.24, 2.45) is 0 Å². The van der Waals surface area contributed by atoms with Crippen molar-refractivity contribution in [2.75, 3.05) is 20.3 Å². The monoisotopic (exact) mass is 394 g/mol. The van der Waals surface area contributed by atoms with Crippen LogP contribution in [-0.2, 0) is 4.74 Å². The maximum Gasteiger partial charge on any atom is 0.387 e. The summed E-state index contributed by atoms with van der Waals surface area (Å²) in [5, 5.41) is 0. The lowest BCUT2D eigenvalue weighted by atomic mass is 10.1. The summed E-state index contributed by atoms with van der Waals surface area (Å²) in [6.07, 6.45) is 0. The highest BCUT2D eigenvalue weighted by Crippen LogP contribution is 2.28. The minimum Gasteiger partial charge on any atom is -0.493 e. The number of alkyl halides is 2. The zero-order valence-electron chi connectivity index (χ0n) is 15.7. The van der Waals surface area contributed by atoms with E-state index in [1.54, 1.807) is 19.9 Å². The fourth-order valence-electron chi connectivity index (χ4n) is 2.42. The summed E-state index contributed by atoms with van der Waals surface area (Å²) in [4.78, 5) is 24.6. The molecule has 6 nitrogen and oxygen atoms in total. The quantitative estimate of drug-likeness (QED) is 0.472. The number of carbonyl (C=O) groups excluding carboxylic acids is 2. The van der Waals surface area contributed by atoms with Gasteiger partial charge >= 0.3 is 12.6 Å². The van der Waals surface area contributed by atoms with Gasteiger partial charge in [0.2, 0.25) is 5.78 Å². The molecule has 2 rings (SSSR count). The van der Waals surface area contributed by atoms with Gasteiger partial charge in [0.05, 0.1) is 24.8 Å². The van der Waals surface area contributed by atoms with E-state index in [1.807, 2.05) is 0 Å². The smallest absolute Gasteiger partial charge is 0.387 e. The third-order valence-corrected chi connectivity index (χ3v) is 3.69. The number of Topliss-reactive ketones (excluding diaryl/α,β-unsaturated/α-hetero) is 1. The van der Waals surface area contributed by atoms with Gasteiger partial charge in [0.1, 0.15) is 5.75 Å². The van der Waals surface area contributed by atoms with Gasteiger partial charge in [-0.15, -0.1) is 0 Å². The molecule has 0 heterocycles. The van der Waals surface area contributed by atoms with Crippen molar-refractivity contribution >= 4 is 11.8 Å². The molecule has 0 N–H and O–H groups in total. The van der Waals surface area contributed by atoms with Crippen LogP contribution >= 0.6 is 0 Å². The van der Waals surface area contributed by atoms with Gasteiger partial charge in [0, 0.05) is 0 Å². The van der Waals surface area contributed by atoms with Gasteiger partial charge in [0.25, 0.3) is 0 Å². The first kappa shape index (κ1) is 21.1. The van der Waals surface area contributed by atoms with Crippen LogP contribution < -0.4 is 14.2 Å². The Morgan fingerprint density at radius 3 is 2.39 bits per heavy atom. The molecule has 0 aromatic heterocycles. The molecule has 28 heavy (non-hydrogen) atoms. The van der Waals surface area contributed by atoms with E-state index in [1.165, 1.54) is 37.4 Å². The Bertz CT molecular complexity index is 851. The Hall–Kier alpha value is -3.16. The van der Waals surface area contributed by atoms with E-state index < -0.39 is 25.0 Å². The first-order valence-corrected chi connectivity index (χ1v) is 8.42. The van der Waals surface area contributed by atoms with Gasteiger partial charge in [-0.2, -0.15) is 8.78 Å². The predicted octanol–water partition coefficient (Wildman–Crippen LogP) is 4.04. The standard InChI is InChI=1S/C20H20F2O6/c1-4-26-18-10-13(6-8-17(18)25-3)19(24)27-11-15(23)14-9-12(2)5-7-16(14)28-20(21)22/h5-10,20H,4,11H2,1-3H3. The fraction of sp³-hybridized carbons (Fsp3) is 0.300. The normalized spacial score (nSPS) is 10.5. The van der Waals surface area contributed by atoms with Crippen LogP contribution in [0.25, 0.3) is 0 Å². The van der Waals surface area contributed by atoms with Crippen molar-refractivity contribution in [3.8, 4) is 17.2 Å². The molecular weight excluding hydrogens is 374 g/mol. The van der Waals surface area contributed by atoms with Crippen molar-refractivity contribution in [2.45, 2.75) is 20.5 Å². The Morgan fingerprint density at radius 1 is 1.04 bits per heavy atom. The second kappa shape index (κ2) is 9.68. The molecule has 0 aliphatic rings. The van der Waals surface area contributed by atoms with Crippen LogP contribution in [0.5, 0.6) is 17.2 Å². The van der Waals surface area contributed by atoms with E-state index in [0.29, 0.717) is 23.7 Å². The number of hydrogen-bond donors (Lipinski definition) is 0. The molecule has 8 heteroatoms. The number of methoxy groups -OCH3 is 1. The second-order valence-corrected chi connectivity index (χ2v) is 5.68. The van der Waals surface area contributed by atoms with Crippen molar-refractivity contribution in [1.82, 2.24) is 0 Å². The highest BCUT2D eigenvalue weighted by Gasteiger charge is 2.19. The molecule has 0 unspecified atom stereocenters. The molecule has 2 aromatic rings. The van der Waals surface area contributed by atoms with Crippen molar-refractivity contribution < 1.29 is 37.3 Å². The zero-order chi connectivity index (χ0) is 20.7. The van der Waals surface area contributed by atoms with E-state index in [9.17, 15) is 18.4 Å². The van der Waals surface area contributed by atoms with Gasteiger partial charge in [0.15, 0.2) is 18.1 Å². The Kier molecular flexibility index (Phi) is 7.31. The van der Waals surface area contributed by atoms with Crippen LogP contribution in [0.2, 0.25) is 0 Å². The fourth-order valence-corrected chi connectivity index (χ4v) is 2.42. The van der Waals surface area contributed by atoms with E-state index in [0.717, 1.165) is 0 Å². The first-order chi connectivity index (χ1) is 13.3. The minimum atomic E-state index is -3.08. The molecular formula is C20H20F2O6. The van der Waals surface area contributed by atoms with Crippen molar-refractivity contribution in [3.63, 3.8) is 0 Å². The lowest BCUT2D eigenvalue weighted by molar-refractivity contribution is -0.0502. The number of esters is 1. The number of ketones is 1. The van der Waals surface area contributed by atoms with Crippen molar-refractivity contribution in [1.29, 1.82) is 0 Å². The largest absolute Gasteiger partial charge is 0.493 e. The molecule has 0 saturated carbocycles. The number of hydrogen-bond acceptors (Lipinski definition) is 6. The van der Waals surface area contributed by atoms with Crippen LogP contribution in [0.4, 0.5) is 8.78 Å². The van der Waals surface area contributed by atoms with Crippen LogP contribution in [-0.4, -0.2) is 38.7 Å². The summed E-state index contributed by atoms with van der Waals surface area (Å²) in [7, 11) is 1.47. The Morgan fingerprint density at radius 2 is 1.75 bits per heavy atom. The number of benzene rings is 2. The third-order valence-electron chi connectivity index (χ3n) is 3.69. The lowest BCUT2D eigenvalue weighted by Gasteiger charge is -2.12. The molecule has 0 spiro atoms. The Balaban J connectivity index is 2.12. The van der Waals surface area contributed by atoms with Crippen LogP contribution in [0.1, 0.15) is 33.2 Å². The number of rotatable bonds is 9. The first-order valence-electron chi connectivity index (χ1n) is 8.42. The number of carbonyl (C=O) groups is 2. The number of ether oxygens (including phenoxy) is 4. The SMILES string of the molecule is CCOc1cc(C(=O)OCC(=O)c2cc(C)ccc2OC(F)F)ccc1OC. The van der Waals surface area contributed by atoms with Crippen molar-refractivity contribution in [3.05, 3.63) is 53.1 Å². The van der Waals surface area contributed by atoms with Gasteiger partial charge in [-0.05, 0) is 44.2 Å². The summed E-state index contributed by atoms with van der Waals surface area (Å²) in [6.45, 7) is 0.143. The van der Waals surface area contributed by atoms with Gasteiger partial charge in [-0.1, -0.05) is 11.6 Å². The maximum atomic E-state index is 12.5. The summed E-state index contributed by atoms with van der Waals surface area (Å²) >= 11 is 0. The predicted molar refractivity (Wildman–Crippen MR) is 96.6 cm³/mol. The zero-order valence-corrected chi connectivity index (χ0v) is 15.7. The summed E-state index contributed by atoms with van der Waals surface area (Å²) < 4.78 is 45.0. The molecule has 0 atom stereocenters. The highest BCUT2D eigenvalue weighted by atomic mass is 19.3. The number of aryl methyl sites for hydroxylation is 1. The molecule has 0 aliphatic carbocycles. The third kappa shape index (κ3) is 5.42. The topological polar surface area (TPSA) is 71.1 Å². The molecule has 150 valence electrons. The summed E-state index contributed by atoms with van der Waals surface area (Å²) in [5.74, 6) is -0.892. The summed E-state index contributed by atoms with van der Waals surface area (Å²) in [5.41, 5.74) is 0.746. The molecule has 0 radical (unpaired) electrons. The van der Waals surface area contributed by atoms with E-state index in [2.05, 4.69) is 4.74 Å². The van der Waals surface area contributed by atoms with Gasteiger partial charge in [-0.25, -0.2) is 4.79 Å². The molecule has 2 aromatic carbocycles. The highest BCUT2D eigenvalue weighted by molar-refractivity contribution is 6.01. The molecule has 0 bridgehead atoms. The van der Waals surface area contributed by atoms with E-state index in [4.69, 9.17) is 14.2 Å². The van der Waals surface area contributed by atoms with E-state index in [-0.39, 0.29) is 16.9 Å². The molecule has 0 amide bonds. The Labute approximate surface area is 161 Å². The summed E-state index contributed by atoms with van der Waals surface area (Å²) in [6, 6.07) is 8.65. The molecule has 0 fully saturated rings. The van der Waals surface area contributed by atoms with Crippen LogP contribution in [0.15, 0.2) is 36.4 Å². The molecule has 0 saturated heterocycles. The van der Waals surface area contributed by atoms with E-state index >= 15 is 0 Å². The average Bonchev–Trinajstić information content (AvgIpc) is 2.67. The van der Waals surface area contributed by atoms with Crippen LogP contribution in [0.3, 0.4) is 0 Å². The minimum absolute atomic E-state index is 0.0853. The van der Waals surface area contributed by atoms with Gasteiger partial charge < -0.3 is 18.9 Å². The lowest BCUT2D eigenvalue weighted by Crippen LogP contribution is -2.16. The van der Waals surface area contributed by atoms with Crippen LogP contribution in [0, 0.1) is 6.92 Å². The molecule has 0 aliphatic heterocycles. The second-order valence-electron chi connectivity index (χ2n) is 5.68.